The number of aromatic nitrogens is 3. The maximum atomic E-state index is 14.7. The van der Waals surface area contributed by atoms with Gasteiger partial charge in [0, 0.05) is 31.6 Å². The number of carbonyl (C=O) groups excluding carboxylic acids is 1. The third-order valence-corrected chi connectivity index (χ3v) is 7.36. The summed E-state index contributed by atoms with van der Waals surface area (Å²) in [5.41, 5.74) is -1.35. The number of alkyl halides is 3. The summed E-state index contributed by atoms with van der Waals surface area (Å²) >= 11 is 0. The normalized spacial score (nSPS) is 26.0. The summed E-state index contributed by atoms with van der Waals surface area (Å²) in [6.07, 6.45) is -1.62. The summed E-state index contributed by atoms with van der Waals surface area (Å²) in [5.74, 6) is 0.126. The molecular formula is C25H31F4N5O2. The average molecular weight is 510 g/mol. The molecule has 1 aromatic carbocycles. The van der Waals surface area contributed by atoms with E-state index in [1.807, 2.05) is 20.8 Å². The maximum Gasteiger partial charge on any atom is 0.416 e. The van der Waals surface area contributed by atoms with Crippen LogP contribution in [0.25, 0.3) is 0 Å². The van der Waals surface area contributed by atoms with Gasteiger partial charge in [-0.05, 0) is 76.0 Å². The number of aryl methyl sites for hydroxylation is 1. The average Bonchev–Trinajstić information content (AvgIpc) is 3.28. The van der Waals surface area contributed by atoms with Crippen molar-refractivity contribution in [3.8, 4) is 0 Å². The van der Waals surface area contributed by atoms with Gasteiger partial charge in [-0.25, -0.2) is 13.9 Å². The number of ether oxygens (including phenoxy) is 1. The fourth-order valence-corrected chi connectivity index (χ4v) is 5.78. The van der Waals surface area contributed by atoms with Gasteiger partial charge in [0.1, 0.15) is 17.2 Å². The van der Waals surface area contributed by atoms with E-state index in [9.17, 15) is 22.4 Å². The lowest BCUT2D eigenvalue weighted by molar-refractivity contribution is -0.137. The van der Waals surface area contributed by atoms with Crippen molar-refractivity contribution in [1.29, 1.82) is 0 Å². The first-order chi connectivity index (χ1) is 16.9. The second kappa shape index (κ2) is 8.92. The molecule has 36 heavy (non-hydrogen) atoms. The summed E-state index contributed by atoms with van der Waals surface area (Å²) in [7, 11) is 0. The van der Waals surface area contributed by atoms with Crippen molar-refractivity contribution in [2.75, 3.05) is 18.4 Å². The molecule has 2 aliphatic heterocycles. The molecule has 3 heterocycles. The van der Waals surface area contributed by atoms with E-state index in [1.54, 1.807) is 9.58 Å². The van der Waals surface area contributed by atoms with Crippen molar-refractivity contribution in [3.63, 3.8) is 0 Å². The molecule has 0 radical (unpaired) electrons. The van der Waals surface area contributed by atoms with Gasteiger partial charge in [-0.3, -0.25) is 0 Å². The van der Waals surface area contributed by atoms with Crippen LogP contribution in [0.2, 0.25) is 0 Å². The number of hydrogen-bond acceptors (Lipinski definition) is 5. The lowest BCUT2D eigenvalue weighted by Crippen LogP contribution is -2.51. The summed E-state index contributed by atoms with van der Waals surface area (Å²) < 4.78 is 61.0. The predicted octanol–water partition coefficient (Wildman–Crippen LogP) is 5.42. The van der Waals surface area contributed by atoms with Crippen LogP contribution in [0.1, 0.15) is 69.3 Å². The molecule has 2 fully saturated rings. The van der Waals surface area contributed by atoms with E-state index >= 15 is 0 Å². The van der Waals surface area contributed by atoms with E-state index in [0.717, 1.165) is 25.3 Å². The van der Waals surface area contributed by atoms with Gasteiger partial charge in [-0.1, -0.05) is 6.07 Å². The van der Waals surface area contributed by atoms with Crippen molar-refractivity contribution in [3.05, 3.63) is 41.0 Å². The van der Waals surface area contributed by atoms with Crippen molar-refractivity contribution < 1.29 is 27.1 Å². The maximum absolute atomic E-state index is 14.7. The molecule has 1 aromatic heterocycles. The van der Waals surface area contributed by atoms with Crippen LogP contribution >= 0.6 is 0 Å². The summed E-state index contributed by atoms with van der Waals surface area (Å²) in [6, 6.07) is 2.80. The van der Waals surface area contributed by atoms with E-state index in [2.05, 4.69) is 15.4 Å². The second-order valence-electron chi connectivity index (χ2n) is 11.1. The van der Waals surface area contributed by atoms with Crippen LogP contribution in [-0.4, -0.2) is 50.5 Å². The Bertz CT molecular complexity index is 1130. The Kier molecular flexibility index (Phi) is 6.15. The van der Waals surface area contributed by atoms with Crippen molar-refractivity contribution >= 4 is 12.0 Å². The Labute approximate surface area is 207 Å². The number of likely N-dealkylation sites (tertiary alicyclic amines) is 1. The fraction of sp³-hybridized carbons (Fsp3) is 0.640. The number of halogens is 4. The zero-order valence-corrected chi connectivity index (χ0v) is 20.6. The zero-order valence-electron chi connectivity index (χ0n) is 20.6. The van der Waals surface area contributed by atoms with E-state index in [-0.39, 0.29) is 29.5 Å². The molecule has 1 saturated heterocycles. The molecule has 196 valence electrons. The number of anilines is 1. The minimum Gasteiger partial charge on any atom is -0.444 e. The minimum absolute atomic E-state index is 0.106. The second-order valence-corrected chi connectivity index (χ2v) is 11.1. The molecule has 2 bridgehead atoms. The fourth-order valence-electron chi connectivity index (χ4n) is 5.78. The van der Waals surface area contributed by atoms with Gasteiger partial charge in [-0.2, -0.15) is 18.2 Å². The van der Waals surface area contributed by atoms with Gasteiger partial charge in [0.25, 0.3) is 0 Å². The Morgan fingerprint density at radius 1 is 1.11 bits per heavy atom. The summed E-state index contributed by atoms with van der Waals surface area (Å²) in [5, 5.41) is 8.05. The van der Waals surface area contributed by atoms with E-state index < -0.39 is 29.1 Å². The topological polar surface area (TPSA) is 72.3 Å². The molecule has 1 amide bonds. The van der Waals surface area contributed by atoms with E-state index in [0.29, 0.717) is 43.9 Å². The molecule has 11 heteroatoms. The number of carbonyl (C=O) groups is 1. The third kappa shape index (κ3) is 4.88. The van der Waals surface area contributed by atoms with Gasteiger partial charge in [0.05, 0.1) is 5.56 Å². The van der Waals surface area contributed by atoms with Crippen LogP contribution in [0.3, 0.4) is 0 Å². The molecule has 3 aliphatic rings. The molecule has 0 spiro atoms. The van der Waals surface area contributed by atoms with E-state index in [4.69, 9.17) is 4.74 Å². The largest absolute Gasteiger partial charge is 0.444 e. The van der Waals surface area contributed by atoms with Crippen molar-refractivity contribution in [2.45, 2.75) is 76.7 Å². The molecular weight excluding hydrogens is 478 g/mol. The molecule has 3 atom stereocenters. The lowest BCUT2D eigenvalue weighted by Gasteiger charge is -2.38. The summed E-state index contributed by atoms with van der Waals surface area (Å²) in [4.78, 5) is 19.0. The van der Waals surface area contributed by atoms with Gasteiger partial charge in [0.15, 0.2) is 0 Å². The van der Waals surface area contributed by atoms with Crippen LogP contribution in [-0.2, 0) is 17.5 Å². The molecule has 2 aromatic rings. The standard InChI is InChI=1S/C25H31F4N5O2/c1-24(2,3)36-23(35)33-12-14-6-7-15(13-33)20(14)30-22-31-21-18(5-4-10-34(21)32-22)17-9-8-16(11-19(17)26)25(27,28)29/h8-9,11,14-15,18,20H,4-7,10,12-13H2,1-3H3,(H,30,32). The number of fused-ring (bicyclic) bond motifs is 3. The Morgan fingerprint density at radius 2 is 1.81 bits per heavy atom. The Hall–Kier alpha value is -2.85. The highest BCUT2D eigenvalue weighted by Gasteiger charge is 2.45. The number of piperidine rings is 1. The number of hydrogen-bond donors (Lipinski definition) is 1. The predicted molar refractivity (Wildman–Crippen MR) is 124 cm³/mol. The van der Waals surface area contributed by atoms with Crippen LogP contribution in [0.15, 0.2) is 18.2 Å². The van der Waals surface area contributed by atoms with Gasteiger partial charge >= 0.3 is 12.3 Å². The molecule has 1 N–H and O–H groups in total. The van der Waals surface area contributed by atoms with Crippen LogP contribution in [0.5, 0.6) is 0 Å². The number of nitrogens with one attached hydrogen (secondary N) is 1. The molecule has 5 rings (SSSR count). The first-order valence-corrected chi connectivity index (χ1v) is 12.4. The lowest BCUT2D eigenvalue weighted by atomic mass is 9.90. The quantitative estimate of drug-likeness (QED) is 0.560. The van der Waals surface area contributed by atoms with Gasteiger partial charge in [-0.15, -0.1) is 5.10 Å². The molecule has 3 unspecified atom stereocenters. The van der Waals surface area contributed by atoms with Crippen LogP contribution < -0.4 is 5.32 Å². The highest BCUT2D eigenvalue weighted by Crippen LogP contribution is 2.40. The first-order valence-electron chi connectivity index (χ1n) is 12.4. The number of benzene rings is 1. The third-order valence-electron chi connectivity index (χ3n) is 7.36. The smallest absolute Gasteiger partial charge is 0.416 e. The van der Waals surface area contributed by atoms with Crippen LogP contribution in [0, 0.1) is 17.7 Å². The summed E-state index contributed by atoms with van der Waals surface area (Å²) in [6.45, 7) is 7.36. The van der Waals surface area contributed by atoms with Crippen LogP contribution in [0.4, 0.5) is 28.3 Å². The first kappa shape index (κ1) is 24.8. The Morgan fingerprint density at radius 3 is 2.42 bits per heavy atom. The number of amides is 1. The zero-order chi connectivity index (χ0) is 25.8. The SMILES string of the molecule is CC(C)(C)OC(=O)N1CC2CCC(C1)C2Nc1nc2n(n1)CCCC2c1ccc(C(F)(F)F)cc1F. The number of nitrogens with zero attached hydrogens (tertiary/aromatic N) is 4. The van der Waals surface area contributed by atoms with Crippen molar-refractivity contribution in [1.82, 2.24) is 19.7 Å². The monoisotopic (exact) mass is 509 g/mol. The van der Waals surface area contributed by atoms with Gasteiger partial charge < -0.3 is 15.0 Å². The van der Waals surface area contributed by atoms with E-state index in [1.165, 1.54) is 6.07 Å². The molecule has 1 saturated carbocycles. The van der Waals surface area contributed by atoms with Crippen molar-refractivity contribution in [2.24, 2.45) is 11.8 Å². The molecule has 7 nitrogen and oxygen atoms in total. The van der Waals surface area contributed by atoms with Gasteiger partial charge in [0.2, 0.25) is 5.95 Å². The number of rotatable bonds is 3. The minimum atomic E-state index is -4.60. The highest BCUT2D eigenvalue weighted by molar-refractivity contribution is 5.68. The Balaban J connectivity index is 1.31. The highest BCUT2D eigenvalue weighted by atomic mass is 19.4. The molecule has 1 aliphatic carbocycles.